The minimum atomic E-state index is -0.569. The van der Waals surface area contributed by atoms with Crippen LogP contribution in [0.15, 0.2) is 164 Å². The molecule has 1 aromatic heterocycles. The Bertz CT molecular complexity index is 2310. The first kappa shape index (κ1) is 36.9. The number of carbonyl (C=O) groups is 1. The van der Waals surface area contributed by atoms with Crippen LogP contribution >= 0.6 is 0 Å². The molecule has 1 fully saturated rings. The van der Waals surface area contributed by atoms with Gasteiger partial charge in [-0.2, -0.15) is 0 Å². The molecule has 7 aromatic rings. The van der Waals surface area contributed by atoms with Gasteiger partial charge in [-0.1, -0.05) is 140 Å². The molecule has 6 aromatic carbocycles. The number of hydrogen-bond acceptors (Lipinski definition) is 7. The maximum absolute atomic E-state index is 12.9. The van der Waals surface area contributed by atoms with E-state index in [0.29, 0.717) is 18.5 Å². The van der Waals surface area contributed by atoms with Crippen molar-refractivity contribution in [2.45, 2.75) is 51.2 Å². The monoisotopic (exact) mass is 740 g/mol. The Balaban J connectivity index is 0.985. The summed E-state index contributed by atoms with van der Waals surface area (Å²) in [6.07, 6.45) is 1.35. The molecule has 0 saturated carbocycles. The summed E-state index contributed by atoms with van der Waals surface area (Å²) in [5, 5.41) is 12.7. The fraction of sp³-hybridized carbons (Fsp3) is 0.188. The maximum atomic E-state index is 12.9. The number of amides is 1. The van der Waals surface area contributed by atoms with Gasteiger partial charge in [0.15, 0.2) is 6.29 Å². The van der Waals surface area contributed by atoms with Gasteiger partial charge in [0.25, 0.3) is 5.91 Å². The molecule has 280 valence electrons. The quantitative estimate of drug-likeness (QED) is 0.122. The molecule has 0 aliphatic carbocycles. The van der Waals surface area contributed by atoms with Crippen molar-refractivity contribution in [3.05, 3.63) is 203 Å². The Hall–Kier alpha value is -6.03. The molecule has 56 heavy (non-hydrogen) atoms. The summed E-state index contributed by atoms with van der Waals surface area (Å²) in [6.45, 7) is 2.68. The van der Waals surface area contributed by atoms with Crippen molar-refractivity contribution in [1.29, 1.82) is 0 Å². The number of benzene rings is 6. The molecule has 2 N–H and O–H groups in total. The number of rotatable bonds is 13. The lowest BCUT2D eigenvalue weighted by molar-refractivity contribution is -0.253. The highest BCUT2D eigenvalue weighted by Gasteiger charge is 2.33. The third-order valence-corrected chi connectivity index (χ3v) is 10.2. The van der Waals surface area contributed by atoms with Crippen molar-refractivity contribution in [3.8, 4) is 11.1 Å². The molecular formula is C48H44N4O4. The fourth-order valence-electron chi connectivity index (χ4n) is 7.22. The first-order valence-electron chi connectivity index (χ1n) is 19.1. The number of aromatic nitrogens is 2. The Kier molecular flexibility index (Phi) is 11.6. The zero-order valence-electron chi connectivity index (χ0n) is 31.1. The second kappa shape index (κ2) is 17.6. The maximum Gasteiger partial charge on any atom is 0.271 e. The molecule has 1 aliphatic heterocycles. The molecule has 3 atom stereocenters. The molecule has 8 heteroatoms. The predicted octanol–water partition coefficient (Wildman–Crippen LogP) is 8.97. The highest BCUT2D eigenvalue weighted by atomic mass is 16.7. The molecule has 1 saturated heterocycles. The zero-order valence-corrected chi connectivity index (χ0v) is 31.1. The van der Waals surface area contributed by atoms with Gasteiger partial charge in [-0.3, -0.25) is 14.7 Å². The molecule has 8 rings (SSSR count). The normalized spacial score (nSPS) is 16.9. The van der Waals surface area contributed by atoms with Gasteiger partial charge < -0.3 is 19.9 Å². The molecular weight excluding hydrogens is 697 g/mol. The van der Waals surface area contributed by atoms with Crippen LogP contribution in [0.4, 0.5) is 0 Å². The number of carbonyl (C=O) groups excluding carboxylic acids is 1. The second-order valence-corrected chi connectivity index (χ2v) is 14.2. The first-order valence-corrected chi connectivity index (χ1v) is 19.1. The van der Waals surface area contributed by atoms with Crippen LogP contribution in [-0.4, -0.2) is 38.5 Å². The summed E-state index contributed by atoms with van der Waals surface area (Å²) in [5.41, 5.74) is 10.2. The molecule has 0 unspecified atom stereocenters. The number of fused-ring (bicyclic) bond motifs is 1. The van der Waals surface area contributed by atoms with Crippen LogP contribution in [0.5, 0.6) is 0 Å². The lowest BCUT2D eigenvalue weighted by Gasteiger charge is -2.38. The number of aliphatic hydroxyl groups excluding tert-OH is 1. The van der Waals surface area contributed by atoms with Crippen molar-refractivity contribution in [1.82, 2.24) is 20.2 Å². The molecule has 1 amide bonds. The van der Waals surface area contributed by atoms with E-state index in [0.717, 1.165) is 58.5 Å². The van der Waals surface area contributed by atoms with Gasteiger partial charge in [-0.15, -0.1) is 0 Å². The van der Waals surface area contributed by atoms with E-state index >= 15 is 0 Å². The highest BCUT2D eigenvalue weighted by Crippen LogP contribution is 2.39. The molecule has 0 spiro atoms. The van der Waals surface area contributed by atoms with E-state index in [4.69, 9.17) is 9.47 Å². The fourth-order valence-corrected chi connectivity index (χ4v) is 7.22. The third kappa shape index (κ3) is 9.25. The van der Waals surface area contributed by atoms with E-state index in [1.165, 1.54) is 17.3 Å². The Morgan fingerprint density at radius 1 is 0.661 bits per heavy atom. The van der Waals surface area contributed by atoms with Crippen LogP contribution in [0, 0.1) is 0 Å². The van der Waals surface area contributed by atoms with Gasteiger partial charge >= 0.3 is 0 Å². The number of para-hydroxylation sites is 2. The zero-order chi connectivity index (χ0) is 38.1. The van der Waals surface area contributed by atoms with Crippen molar-refractivity contribution in [3.63, 3.8) is 0 Å². The Morgan fingerprint density at radius 2 is 1.30 bits per heavy atom. The number of nitrogens with zero attached hydrogens (tertiary/aromatic N) is 3. The van der Waals surface area contributed by atoms with Crippen molar-refractivity contribution in [2.75, 3.05) is 6.54 Å². The number of nitrogens with one attached hydrogen (secondary N) is 1. The third-order valence-electron chi connectivity index (χ3n) is 10.2. The Morgan fingerprint density at radius 3 is 2.00 bits per heavy atom. The van der Waals surface area contributed by atoms with Crippen LogP contribution < -0.4 is 5.32 Å². The van der Waals surface area contributed by atoms with Crippen molar-refractivity contribution in [2.24, 2.45) is 0 Å². The highest BCUT2D eigenvalue weighted by molar-refractivity contribution is 5.93. The standard InChI is InChI=1S/C48H44N4O4/c53-33-36-18-20-39(21-19-36)46-27-42(32-52(30-34-10-3-1-4-11-34)31-35-12-5-2-6-13-35)55-48(56-46)40-24-22-38(23-25-40)41-15-9-14-37(26-41)28-50-47(54)45-29-49-43-16-7-8-17-44(43)51-45/h1-26,29,42,46,48,53H,27-28,30-33H2,(H,50,54)/t42-,46+,48+/m1/s1. The van der Waals surface area contributed by atoms with E-state index in [9.17, 15) is 9.90 Å². The number of hydrogen-bond donors (Lipinski definition) is 2. The van der Waals surface area contributed by atoms with E-state index in [-0.39, 0.29) is 30.4 Å². The lowest BCUT2D eigenvalue weighted by Crippen LogP contribution is -2.39. The minimum Gasteiger partial charge on any atom is -0.392 e. The summed E-state index contributed by atoms with van der Waals surface area (Å²) in [6, 6.07) is 53.2. The molecule has 8 nitrogen and oxygen atoms in total. The van der Waals surface area contributed by atoms with Crippen LogP contribution in [0.3, 0.4) is 0 Å². The number of aliphatic hydroxyl groups is 1. The van der Waals surface area contributed by atoms with E-state index in [1.54, 1.807) is 0 Å². The topological polar surface area (TPSA) is 96.8 Å². The first-order chi connectivity index (χ1) is 27.6. The van der Waals surface area contributed by atoms with E-state index < -0.39 is 6.29 Å². The summed E-state index contributed by atoms with van der Waals surface area (Å²) >= 11 is 0. The molecule has 2 heterocycles. The van der Waals surface area contributed by atoms with Gasteiger partial charge in [-0.25, -0.2) is 4.98 Å². The number of ether oxygens (including phenoxy) is 2. The van der Waals surface area contributed by atoms with Gasteiger partial charge in [0, 0.05) is 38.2 Å². The van der Waals surface area contributed by atoms with Gasteiger partial charge in [-0.05, 0) is 57.1 Å². The lowest BCUT2D eigenvalue weighted by atomic mass is 9.98. The van der Waals surface area contributed by atoms with Gasteiger partial charge in [0.2, 0.25) is 0 Å². The van der Waals surface area contributed by atoms with Crippen molar-refractivity contribution < 1.29 is 19.4 Å². The summed E-state index contributed by atoms with van der Waals surface area (Å²) in [5.74, 6) is -0.269. The van der Waals surface area contributed by atoms with Crippen LogP contribution in [0.25, 0.3) is 22.2 Å². The second-order valence-electron chi connectivity index (χ2n) is 14.2. The van der Waals surface area contributed by atoms with Gasteiger partial charge in [0.05, 0.1) is 36.0 Å². The van der Waals surface area contributed by atoms with Crippen LogP contribution in [0.1, 0.15) is 62.7 Å². The molecule has 0 radical (unpaired) electrons. The van der Waals surface area contributed by atoms with Crippen LogP contribution in [0.2, 0.25) is 0 Å². The largest absolute Gasteiger partial charge is 0.392 e. The predicted molar refractivity (Wildman–Crippen MR) is 218 cm³/mol. The van der Waals surface area contributed by atoms with E-state index in [2.05, 4.69) is 129 Å². The SMILES string of the molecule is O=C(NCc1cccc(-c2ccc([C@H]3O[C@@H](CN(Cc4ccccc4)Cc4ccccc4)C[C@@H](c4ccc(CO)cc4)O3)cc2)c1)c1cnc2ccccc2n1. The minimum absolute atomic E-state index is 0.00148. The average molecular weight is 741 g/mol. The average Bonchev–Trinajstić information content (AvgIpc) is 3.26. The van der Waals surface area contributed by atoms with Gasteiger partial charge in [0.1, 0.15) is 5.69 Å². The Labute approximate surface area is 327 Å². The molecule has 0 bridgehead atoms. The van der Waals surface area contributed by atoms with Crippen molar-refractivity contribution >= 4 is 16.9 Å². The van der Waals surface area contributed by atoms with Crippen LogP contribution in [-0.2, 0) is 35.7 Å². The van der Waals surface area contributed by atoms with E-state index in [1.807, 2.05) is 48.5 Å². The summed E-state index contributed by atoms with van der Waals surface area (Å²) < 4.78 is 13.5. The molecule has 1 aliphatic rings. The summed E-state index contributed by atoms with van der Waals surface area (Å²) in [7, 11) is 0. The smallest absolute Gasteiger partial charge is 0.271 e. The summed E-state index contributed by atoms with van der Waals surface area (Å²) in [4.78, 5) is 24.2.